The van der Waals surface area contributed by atoms with E-state index < -0.39 is 23.2 Å². The highest BCUT2D eigenvalue weighted by Gasteiger charge is 2.36. The molecule has 29 heavy (non-hydrogen) atoms. The average molecular weight is 464 g/mol. The number of rotatable bonds is 6. The molecule has 0 saturated carbocycles. The molecule has 0 unspecified atom stereocenters. The first-order chi connectivity index (χ1) is 13.8. The minimum absolute atomic E-state index is 0.00346. The topological polar surface area (TPSA) is 54.0 Å². The van der Waals surface area contributed by atoms with Crippen LogP contribution in [0.25, 0.3) is 0 Å². The molecule has 3 aromatic rings. The van der Waals surface area contributed by atoms with E-state index in [1.54, 1.807) is 24.3 Å². The molecule has 3 rings (SSSR count). The first-order valence-electron chi connectivity index (χ1n) is 8.75. The van der Waals surface area contributed by atoms with Crippen LogP contribution < -0.4 is 10.6 Å². The van der Waals surface area contributed by atoms with Gasteiger partial charge in [0.1, 0.15) is 5.82 Å². The van der Waals surface area contributed by atoms with Crippen molar-refractivity contribution in [2.24, 2.45) is 0 Å². The smallest absolute Gasteiger partial charge is 0.352 e. The second kappa shape index (κ2) is 9.09. The highest BCUT2D eigenvalue weighted by atomic mass is 79.9. The molecule has 2 N–H and O–H groups in total. The number of carbonyl (C=O) groups is 1. The quantitative estimate of drug-likeness (QED) is 0.501. The molecule has 0 atom stereocenters. The predicted octanol–water partition coefficient (Wildman–Crippen LogP) is 5.58. The van der Waals surface area contributed by atoms with Crippen molar-refractivity contribution in [3.05, 3.63) is 88.0 Å². The molecule has 0 bridgehead atoms. The number of hydrogen-bond acceptors (Lipinski definition) is 3. The predicted molar refractivity (Wildman–Crippen MR) is 109 cm³/mol. The van der Waals surface area contributed by atoms with Crippen LogP contribution in [0.2, 0.25) is 0 Å². The molecule has 0 radical (unpaired) electrons. The fourth-order valence-electron chi connectivity index (χ4n) is 2.71. The van der Waals surface area contributed by atoms with Crippen LogP contribution in [0, 0.1) is 0 Å². The molecule has 0 spiro atoms. The van der Waals surface area contributed by atoms with Crippen molar-refractivity contribution in [2.75, 3.05) is 11.9 Å². The molecule has 1 aromatic heterocycles. The largest absolute Gasteiger partial charge is 0.417 e. The number of nitrogens with one attached hydrogen (secondary N) is 2. The molecule has 1 amide bonds. The Morgan fingerprint density at radius 1 is 1.03 bits per heavy atom. The van der Waals surface area contributed by atoms with Gasteiger partial charge in [0.05, 0.1) is 11.1 Å². The third kappa shape index (κ3) is 5.80. The van der Waals surface area contributed by atoms with Gasteiger partial charge < -0.3 is 10.6 Å². The SMILES string of the molecule is O=C(NCCc1ccccc1)c1cnc(Nc2cccc(Br)c2)cc1C(F)(F)F. The van der Waals surface area contributed by atoms with Crippen LogP contribution >= 0.6 is 15.9 Å². The van der Waals surface area contributed by atoms with E-state index in [1.165, 1.54) is 0 Å². The van der Waals surface area contributed by atoms with Gasteiger partial charge in [0, 0.05) is 22.9 Å². The summed E-state index contributed by atoms with van der Waals surface area (Å²) in [5, 5.41) is 5.35. The zero-order chi connectivity index (χ0) is 20.9. The Morgan fingerprint density at radius 3 is 2.48 bits per heavy atom. The van der Waals surface area contributed by atoms with Crippen LogP contribution in [0.15, 0.2) is 71.3 Å². The molecule has 1 heterocycles. The molecule has 0 aliphatic rings. The molecule has 150 valence electrons. The molecule has 2 aromatic carbocycles. The van der Waals surface area contributed by atoms with Crippen LogP contribution in [0.3, 0.4) is 0 Å². The normalized spacial score (nSPS) is 11.2. The van der Waals surface area contributed by atoms with Gasteiger partial charge in [-0.05, 0) is 36.2 Å². The maximum absolute atomic E-state index is 13.5. The fraction of sp³-hybridized carbons (Fsp3) is 0.143. The van der Waals surface area contributed by atoms with E-state index in [-0.39, 0.29) is 12.4 Å². The third-order valence-corrected chi connectivity index (χ3v) is 4.59. The van der Waals surface area contributed by atoms with Crippen LogP contribution in [-0.4, -0.2) is 17.4 Å². The monoisotopic (exact) mass is 463 g/mol. The van der Waals surface area contributed by atoms with Crippen LogP contribution in [0.5, 0.6) is 0 Å². The van der Waals surface area contributed by atoms with Gasteiger partial charge >= 0.3 is 6.18 Å². The fourth-order valence-corrected chi connectivity index (χ4v) is 3.11. The Hall–Kier alpha value is -2.87. The van der Waals surface area contributed by atoms with Gasteiger partial charge in [-0.25, -0.2) is 4.98 Å². The number of carbonyl (C=O) groups excluding carboxylic acids is 1. The third-order valence-electron chi connectivity index (χ3n) is 4.09. The number of amides is 1. The lowest BCUT2D eigenvalue weighted by atomic mass is 10.1. The van der Waals surface area contributed by atoms with Gasteiger partial charge in [0.15, 0.2) is 0 Å². The number of hydrogen-bond donors (Lipinski definition) is 2. The minimum atomic E-state index is -4.69. The summed E-state index contributed by atoms with van der Waals surface area (Å²) in [5.74, 6) is -0.814. The molecule has 4 nitrogen and oxygen atoms in total. The van der Waals surface area contributed by atoms with Gasteiger partial charge in [-0.3, -0.25) is 4.79 Å². The Balaban J connectivity index is 1.76. The second-order valence-electron chi connectivity index (χ2n) is 6.24. The van der Waals surface area contributed by atoms with Gasteiger partial charge in [-0.15, -0.1) is 0 Å². The Morgan fingerprint density at radius 2 is 1.79 bits per heavy atom. The van der Waals surface area contributed by atoms with E-state index in [1.807, 2.05) is 30.3 Å². The van der Waals surface area contributed by atoms with E-state index in [2.05, 4.69) is 31.5 Å². The number of pyridine rings is 1. The van der Waals surface area contributed by atoms with E-state index in [9.17, 15) is 18.0 Å². The van der Waals surface area contributed by atoms with Crippen LogP contribution in [0.4, 0.5) is 24.7 Å². The summed E-state index contributed by atoms with van der Waals surface area (Å²) >= 11 is 3.30. The standard InChI is InChI=1S/C21H17BrF3N3O/c22-15-7-4-8-16(11-15)28-19-12-18(21(23,24)25)17(13-27-19)20(29)26-10-9-14-5-2-1-3-6-14/h1-8,11-13H,9-10H2,(H,26,29)(H,27,28). The summed E-state index contributed by atoms with van der Waals surface area (Å²) in [7, 11) is 0. The van der Waals surface area contributed by atoms with Crippen molar-refractivity contribution in [2.45, 2.75) is 12.6 Å². The number of anilines is 2. The zero-order valence-electron chi connectivity index (χ0n) is 15.1. The summed E-state index contributed by atoms with van der Waals surface area (Å²) in [5.41, 5.74) is 0.00293. The van der Waals surface area contributed by atoms with Crippen molar-refractivity contribution < 1.29 is 18.0 Å². The Labute approximate surface area is 174 Å². The number of halogens is 4. The van der Waals surface area contributed by atoms with Crippen molar-refractivity contribution >= 4 is 33.3 Å². The molecule has 0 fully saturated rings. The molecule has 0 aliphatic carbocycles. The summed E-state index contributed by atoms with van der Waals surface area (Å²) in [6.07, 6.45) is -3.23. The van der Waals surface area contributed by atoms with Crippen molar-refractivity contribution in [3.8, 4) is 0 Å². The second-order valence-corrected chi connectivity index (χ2v) is 7.16. The van der Waals surface area contributed by atoms with Gasteiger partial charge in [0.25, 0.3) is 5.91 Å². The number of nitrogens with zero attached hydrogens (tertiary/aromatic N) is 1. The lowest BCUT2D eigenvalue weighted by molar-refractivity contribution is -0.137. The zero-order valence-corrected chi connectivity index (χ0v) is 16.7. The van der Waals surface area contributed by atoms with Gasteiger partial charge in [0.2, 0.25) is 0 Å². The van der Waals surface area contributed by atoms with E-state index in [0.29, 0.717) is 12.1 Å². The first kappa shape index (κ1) is 20.9. The number of alkyl halides is 3. The summed E-state index contributed by atoms with van der Waals surface area (Å²) < 4.78 is 41.4. The van der Waals surface area contributed by atoms with Gasteiger partial charge in [-0.2, -0.15) is 13.2 Å². The molecule has 0 saturated heterocycles. The van der Waals surface area contributed by atoms with Crippen molar-refractivity contribution in [1.29, 1.82) is 0 Å². The van der Waals surface area contributed by atoms with Crippen molar-refractivity contribution in [1.82, 2.24) is 10.3 Å². The maximum atomic E-state index is 13.5. The number of aromatic nitrogens is 1. The molecule has 8 heteroatoms. The Kier molecular flexibility index (Phi) is 6.53. The minimum Gasteiger partial charge on any atom is -0.352 e. The molecular formula is C21H17BrF3N3O. The summed E-state index contributed by atoms with van der Waals surface area (Å²) in [4.78, 5) is 16.3. The summed E-state index contributed by atoms with van der Waals surface area (Å²) in [6.45, 7) is 0.220. The highest BCUT2D eigenvalue weighted by Crippen LogP contribution is 2.33. The van der Waals surface area contributed by atoms with Gasteiger partial charge in [-0.1, -0.05) is 52.3 Å². The highest BCUT2D eigenvalue weighted by molar-refractivity contribution is 9.10. The lowest BCUT2D eigenvalue weighted by Crippen LogP contribution is -2.28. The molecular weight excluding hydrogens is 447 g/mol. The van der Waals surface area contributed by atoms with E-state index >= 15 is 0 Å². The van der Waals surface area contributed by atoms with Crippen molar-refractivity contribution in [3.63, 3.8) is 0 Å². The Bertz CT molecular complexity index is 994. The first-order valence-corrected chi connectivity index (χ1v) is 9.54. The number of benzene rings is 2. The average Bonchev–Trinajstić information content (AvgIpc) is 2.68. The van der Waals surface area contributed by atoms with E-state index in [0.717, 1.165) is 22.3 Å². The van der Waals surface area contributed by atoms with Crippen LogP contribution in [0.1, 0.15) is 21.5 Å². The summed E-state index contributed by atoms with van der Waals surface area (Å²) in [6, 6.07) is 17.1. The molecule has 0 aliphatic heterocycles. The van der Waals surface area contributed by atoms with E-state index in [4.69, 9.17) is 0 Å². The maximum Gasteiger partial charge on any atom is 0.417 e. The lowest BCUT2D eigenvalue weighted by Gasteiger charge is -2.15. The van der Waals surface area contributed by atoms with Crippen LogP contribution in [-0.2, 0) is 12.6 Å².